The second-order valence-corrected chi connectivity index (χ2v) is 6.09. The Morgan fingerprint density at radius 3 is 2.75 bits per heavy atom. The lowest BCUT2D eigenvalue weighted by atomic mass is 9.96. The Morgan fingerprint density at radius 2 is 2.12 bits per heavy atom. The van der Waals surface area contributed by atoms with Crippen LogP contribution in [0.2, 0.25) is 0 Å². The monoisotopic (exact) mass is 344 g/mol. The van der Waals surface area contributed by atoms with Gasteiger partial charge in [-0.15, -0.1) is 0 Å². The number of nitrogens with zero attached hydrogens (tertiary/aromatic N) is 1. The molecule has 0 aromatic heterocycles. The lowest BCUT2D eigenvalue weighted by molar-refractivity contribution is -0.138. The number of alkyl halides is 3. The predicted octanol–water partition coefficient (Wildman–Crippen LogP) is 4.55. The molecule has 134 valence electrons. The summed E-state index contributed by atoms with van der Waals surface area (Å²) < 4.78 is 44.9. The molecule has 7 heteroatoms. The molecule has 0 aliphatic carbocycles. The third-order valence-corrected chi connectivity index (χ3v) is 4.21. The van der Waals surface area contributed by atoms with Crippen molar-refractivity contribution in [2.75, 3.05) is 18.1 Å². The van der Waals surface area contributed by atoms with Gasteiger partial charge in [0.05, 0.1) is 17.9 Å². The van der Waals surface area contributed by atoms with Crippen molar-refractivity contribution >= 4 is 11.8 Å². The van der Waals surface area contributed by atoms with E-state index in [1.165, 1.54) is 17.9 Å². The van der Waals surface area contributed by atoms with Crippen molar-refractivity contribution in [3.63, 3.8) is 0 Å². The molecule has 2 N–H and O–H groups in total. The summed E-state index contributed by atoms with van der Waals surface area (Å²) in [5.74, 6) is 0. The zero-order valence-electron chi connectivity index (χ0n) is 13.9. The van der Waals surface area contributed by atoms with Gasteiger partial charge in [-0.2, -0.15) is 13.2 Å². The third kappa shape index (κ3) is 4.01. The fourth-order valence-corrected chi connectivity index (χ4v) is 2.87. The van der Waals surface area contributed by atoms with Gasteiger partial charge in [0.2, 0.25) is 0 Å². The number of carbonyl (C=O) groups excluding carboxylic acids is 1. The number of carbonyl (C=O) groups is 1. The Bertz CT molecular complexity index is 602. The lowest BCUT2D eigenvalue weighted by Gasteiger charge is -2.25. The number of anilines is 1. The van der Waals surface area contributed by atoms with Gasteiger partial charge in [-0.25, -0.2) is 4.79 Å². The maximum atomic E-state index is 13.2. The number of ether oxygens (including phenoxy) is 1. The van der Waals surface area contributed by atoms with Gasteiger partial charge in [0.1, 0.15) is 0 Å². The Kier molecular flexibility index (Phi) is 5.74. The molecular formula is C17H23F3N2O2. The van der Waals surface area contributed by atoms with Crippen LogP contribution in [0.4, 0.5) is 23.7 Å². The van der Waals surface area contributed by atoms with E-state index in [4.69, 9.17) is 10.5 Å². The average Bonchev–Trinajstić information content (AvgIpc) is 2.65. The van der Waals surface area contributed by atoms with Crippen LogP contribution in [0.1, 0.15) is 55.3 Å². The van der Waals surface area contributed by atoms with Crippen LogP contribution in [0.5, 0.6) is 0 Å². The summed E-state index contributed by atoms with van der Waals surface area (Å²) >= 11 is 0. The number of rotatable bonds is 3. The van der Waals surface area contributed by atoms with E-state index in [1.54, 1.807) is 0 Å². The van der Waals surface area contributed by atoms with Crippen molar-refractivity contribution in [3.05, 3.63) is 28.8 Å². The van der Waals surface area contributed by atoms with E-state index in [9.17, 15) is 18.0 Å². The minimum Gasteiger partial charge on any atom is -0.449 e. The first kappa shape index (κ1) is 18.6. The van der Waals surface area contributed by atoms with Crippen molar-refractivity contribution in [1.29, 1.82) is 0 Å². The molecule has 0 saturated heterocycles. The van der Waals surface area contributed by atoms with Crippen molar-refractivity contribution in [1.82, 2.24) is 0 Å². The van der Waals surface area contributed by atoms with Crippen LogP contribution >= 0.6 is 0 Å². The first-order valence-electron chi connectivity index (χ1n) is 8.17. The van der Waals surface area contributed by atoms with E-state index in [-0.39, 0.29) is 17.9 Å². The molecule has 24 heavy (non-hydrogen) atoms. The summed E-state index contributed by atoms with van der Waals surface area (Å²) in [7, 11) is 0. The normalized spacial score (nSPS) is 18.1. The van der Waals surface area contributed by atoms with Gasteiger partial charge in [-0.1, -0.05) is 19.4 Å². The van der Waals surface area contributed by atoms with E-state index in [0.717, 1.165) is 12.5 Å². The Balaban J connectivity index is 2.43. The Morgan fingerprint density at radius 1 is 1.42 bits per heavy atom. The fraction of sp³-hybridized carbons (Fsp3) is 0.588. The van der Waals surface area contributed by atoms with Gasteiger partial charge in [0, 0.05) is 12.6 Å². The Labute approximate surface area is 139 Å². The molecule has 1 aromatic carbocycles. The highest BCUT2D eigenvalue weighted by molar-refractivity contribution is 5.89. The number of unbranched alkanes of at least 4 members (excludes halogenated alkanes) is 1. The SMILES string of the molecule is CCCCOC(=O)N1CCCC(N)c2cc(C)c(C(F)(F)F)cc21. The minimum absolute atomic E-state index is 0.109. The molecule has 0 radical (unpaired) electrons. The highest BCUT2D eigenvalue weighted by Crippen LogP contribution is 2.40. The molecule has 4 nitrogen and oxygen atoms in total. The second kappa shape index (κ2) is 7.42. The second-order valence-electron chi connectivity index (χ2n) is 6.09. The molecule has 0 saturated carbocycles. The molecule has 0 bridgehead atoms. The number of amides is 1. The number of fused-ring (bicyclic) bond motifs is 1. The van der Waals surface area contributed by atoms with Crippen molar-refractivity contribution in [3.8, 4) is 0 Å². The molecule has 1 atom stereocenters. The van der Waals surface area contributed by atoms with Crippen LogP contribution in [-0.4, -0.2) is 19.2 Å². The number of nitrogens with two attached hydrogens (primary N) is 1. The highest BCUT2D eigenvalue weighted by atomic mass is 19.4. The number of hydrogen-bond donors (Lipinski definition) is 1. The molecule has 1 aromatic rings. The first-order valence-corrected chi connectivity index (χ1v) is 8.17. The molecule has 2 rings (SSSR count). The van der Waals surface area contributed by atoms with Gasteiger partial charge >= 0.3 is 12.3 Å². The molecule has 1 aliphatic rings. The third-order valence-electron chi connectivity index (χ3n) is 4.21. The number of hydrogen-bond acceptors (Lipinski definition) is 3. The zero-order valence-corrected chi connectivity index (χ0v) is 13.9. The van der Waals surface area contributed by atoms with Gasteiger partial charge in [0.25, 0.3) is 0 Å². The van der Waals surface area contributed by atoms with Gasteiger partial charge < -0.3 is 10.5 Å². The van der Waals surface area contributed by atoms with E-state index < -0.39 is 23.9 Å². The van der Waals surface area contributed by atoms with Crippen LogP contribution < -0.4 is 10.6 Å². The summed E-state index contributed by atoms with van der Waals surface area (Å²) in [5.41, 5.74) is 6.23. The molecule has 1 heterocycles. The largest absolute Gasteiger partial charge is 0.449 e. The summed E-state index contributed by atoms with van der Waals surface area (Å²) in [6, 6.07) is 2.08. The van der Waals surface area contributed by atoms with E-state index in [1.807, 2.05) is 6.92 Å². The highest BCUT2D eigenvalue weighted by Gasteiger charge is 2.35. The summed E-state index contributed by atoms with van der Waals surface area (Å²) in [4.78, 5) is 13.6. The molecule has 0 fully saturated rings. The van der Waals surface area contributed by atoms with Crippen LogP contribution in [0.3, 0.4) is 0 Å². The number of aryl methyl sites for hydroxylation is 1. The predicted molar refractivity (Wildman–Crippen MR) is 85.9 cm³/mol. The van der Waals surface area contributed by atoms with E-state index in [0.29, 0.717) is 31.4 Å². The number of benzene rings is 1. The lowest BCUT2D eigenvalue weighted by Crippen LogP contribution is -2.33. The molecule has 1 amide bonds. The molecule has 1 aliphatic heterocycles. The maximum absolute atomic E-state index is 13.2. The minimum atomic E-state index is -4.48. The van der Waals surface area contributed by atoms with Crippen molar-refractivity contribution in [2.24, 2.45) is 5.73 Å². The van der Waals surface area contributed by atoms with Crippen molar-refractivity contribution < 1.29 is 22.7 Å². The van der Waals surface area contributed by atoms with Crippen LogP contribution in [0.15, 0.2) is 12.1 Å². The quantitative estimate of drug-likeness (QED) is 0.819. The summed E-state index contributed by atoms with van der Waals surface area (Å²) in [6.07, 6.45) is -2.29. The first-order chi connectivity index (χ1) is 11.3. The van der Waals surface area contributed by atoms with E-state index >= 15 is 0 Å². The van der Waals surface area contributed by atoms with Crippen LogP contribution in [-0.2, 0) is 10.9 Å². The molecule has 0 spiro atoms. The van der Waals surface area contributed by atoms with Crippen LogP contribution in [0.25, 0.3) is 0 Å². The maximum Gasteiger partial charge on any atom is 0.416 e. The van der Waals surface area contributed by atoms with Crippen molar-refractivity contribution in [2.45, 2.75) is 51.7 Å². The van der Waals surface area contributed by atoms with Gasteiger partial charge in [-0.05, 0) is 43.4 Å². The topological polar surface area (TPSA) is 55.6 Å². The van der Waals surface area contributed by atoms with Crippen LogP contribution in [0, 0.1) is 6.92 Å². The van der Waals surface area contributed by atoms with E-state index in [2.05, 4.69) is 0 Å². The summed E-state index contributed by atoms with van der Waals surface area (Å²) in [5, 5.41) is 0. The van der Waals surface area contributed by atoms with Gasteiger partial charge in [-0.3, -0.25) is 4.90 Å². The average molecular weight is 344 g/mol. The van der Waals surface area contributed by atoms with Gasteiger partial charge in [0.15, 0.2) is 0 Å². The standard InChI is InChI=1S/C17H23F3N2O2/c1-3-4-8-24-16(23)22-7-5-6-14(21)12-9-11(2)13(10-15(12)22)17(18,19)20/h9-10,14H,3-8,21H2,1-2H3. The number of halogens is 3. The summed E-state index contributed by atoms with van der Waals surface area (Å²) in [6.45, 7) is 3.92. The fourth-order valence-electron chi connectivity index (χ4n) is 2.87. The zero-order chi connectivity index (χ0) is 17.9. The molecular weight excluding hydrogens is 321 g/mol. The Hall–Kier alpha value is -1.76. The smallest absolute Gasteiger partial charge is 0.416 e. The molecule has 1 unspecified atom stereocenters.